The van der Waals surface area contributed by atoms with E-state index in [0.29, 0.717) is 23.6 Å². The van der Waals surface area contributed by atoms with Crippen LogP contribution in [0.5, 0.6) is 11.5 Å². The fraction of sp³-hybridized carbons (Fsp3) is 0.211. The third-order valence-corrected chi connectivity index (χ3v) is 3.14. The minimum atomic E-state index is -2.86. The number of hydrogen-bond acceptors (Lipinski definition) is 3. The van der Waals surface area contributed by atoms with Gasteiger partial charge in [0, 0.05) is 6.08 Å². The monoisotopic (exact) mass is 347 g/mol. The molecule has 2 aromatic carbocycles. The number of alkyl halides is 2. The molecule has 0 aliphatic rings. The highest BCUT2D eigenvalue weighted by Crippen LogP contribution is 2.24. The number of hydrogen-bond donors (Lipinski definition) is 1. The Balaban J connectivity index is 1.97. The number of para-hydroxylation sites is 2. The predicted molar refractivity (Wildman–Crippen MR) is 93.0 cm³/mol. The lowest BCUT2D eigenvalue weighted by Gasteiger charge is -2.10. The second-order valence-electron chi connectivity index (χ2n) is 5.11. The fourth-order valence-electron chi connectivity index (χ4n) is 2.01. The van der Waals surface area contributed by atoms with Crippen LogP contribution in [0.25, 0.3) is 6.08 Å². The van der Waals surface area contributed by atoms with Gasteiger partial charge in [0.2, 0.25) is 5.91 Å². The highest BCUT2D eigenvalue weighted by Gasteiger charge is 2.05. The molecular weight excluding hydrogens is 328 g/mol. The summed E-state index contributed by atoms with van der Waals surface area (Å²) < 4.78 is 34.0. The number of rotatable bonds is 8. The van der Waals surface area contributed by atoms with Gasteiger partial charge in [-0.1, -0.05) is 31.2 Å². The molecule has 2 rings (SSSR count). The maximum absolute atomic E-state index is 12.1. The van der Waals surface area contributed by atoms with Crippen LogP contribution in [0, 0.1) is 0 Å². The molecule has 25 heavy (non-hydrogen) atoms. The number of amides is 1. The zero-order valence-corrected chi connectivity index (χ0v) is 13.7. The lowest BCUT2D eigenvalue weighted by Crippen LogP contribution is -2.09. The summed E-state index contributed by atoms with van der Waals surface area (Å²) in [5.41, 5.74) is 1.28. The van der Waals surface area contributed by atoms with Gasteiger partial charge < -0.3 is 14.8 Å². The Hall–Kier alpha value is -2.89. The van der Waals surface area contributed by atoms with E-state index in [4.69, 9.17) is 4.74 Å². The van der Waals surface area contributed by atoms with Crippen LogP contribution in [0.15, 0.2) is 54.6 Å². The van der Waals surface area contributed by atoms with Crippen molar-refractivity contribution in [2.45, 2.75) is 20.0 Å². The zero-order chi connectivity index (χ0) is 18.1. The molecule has 132 valence electrons. The van der Waals surface area contributed by atoms with Crippen molar-refractivity contribution in [2.75, 3.05) is 11.9 Å². The molecule has 1 amide bonds. The fourth-order valence-corrected chi connectivity index (χ4v) is 2.01. The summed E-state index contributed by atoms with van der Waals surface area (Å²) in [5.74, 6) is 0.360. The molecule has 0 fully saturated rings. The van der Waals surface area contributed by atoms with Crippen molar-refractivity contribution in [3.05, 3.63) is 60.2 Å². The van der Waals surface area contributed by atoms with Crippen LogP contribution in [0.1, 0.15) is 18.9 Å². The molecule has 0 aliphatic heterocycles. The maximum atomic E-state index is 12.1. The molecule has 0 bridgehead atoms. The minimum Gasteiger partial charge on any atom is -0.491 e. The first kappa shape index (κ1) is 18.4. The second-order valence-corrected chi connectivity index (χ2v) is 5.11. The number of benzene rings is 2. The third-order valence-electron chi connectivity index (χ3n) is 3.14. The van der Waals surface area contributed by atoms with Crippen LogP contribution in [0.3, 0.4) is 0 Å². The number of carbonyl (C=O) groups is 1. The van der Waals surface area contributed by atoms with Crippen LogP contribution in [0.4, 0.5) is 14.5 Å². The van der Waals surface area contributed by atoms with Crippen molar-refractivity contribution in [2.24, 2.45) is 0 Å². The molecule has 0 saturated heterocycles. The smallest absolute Gasteiger partial charge is 0.387 e. The zero-order valence-electron chi connectivity index (χ0n) is 13.7. The van der Waals surface area contributed by atoms with Gasteiger partial charge in [0.1, 0.15) is 11.5 Å². The van der Waals surface area contributed by atoms with E-state index in [-0.39, 0.29) is 11.7 Å². The summed E-state index contributed by atoms with van der Waals surface area (Å²) in [6.45, 7) is -0.292. The number of nitrogens with one attached hydrogen (secondary N) is 1. The summed E-state index contributed by atoms with van der Waals surface area (Å²) in [5, 5.41) is 2.75. The second kappa shape index (κ2) is 9.42. The normalized spacial score (nSPS) is 10.9. The first-order valence-corrected chi connectivity index (χ1v) is 7.84. The lowest BCUT2D eigenvalue weighted by molar-refractivity contribution is -0.111. The van der Waals surface area contributed by atoms with Gasteiger partial charge in [-0.2, -0.15) is 8.78 Å². The van der Waals surface area contributed by atoms with Gasteiger partial charge in [-0.15, -0.1) is 0 Å². The first-order valence-electron chi connectivity index (χ1n) is 7.84. The molecule has 4 nitrogen and oxygen atoms in total. The summed E-state index contributed by atoms with van der Waals surface area (Å²) in [6, 6.07) is 13.2. The molecule has 0 radical (unpaired) electrons. The van der Waals surface area contributed by atoms with Crippen LogP contribution in [-0.4, -0.2) is 19.1 Å². The molecule has 0 spiro atoms. The van der Waals surface area contributed by atoms with Crippen LogP contribution >= 0.6 is 0 Å². The van der Waals surface area contributed by atoms with E-state index in [1.165, 1.54) is 18.2 Å². The molecule has 0 aliphatic carbocycles. The summed E-state index contributed by atoms with van der Waals surface area (Å²) in [7, 11) is 0. The Labute approximate surface area is 145 Å². The van der Waals surface area contributed by atoms with E-state index in [2.05, 4.69) is 10.1 Å². The maximum Gasteiger partial charge on any atom is 0.387 e. The largest absolute Gasteiger partial charge is 0.491 e. The molecule has 1 N–H and O–H groups in total. The third kappa shape index (κ3) is 6.25. The molecule has 0 heterocycles. The van der Waals surface area contributed by atoms with Gasteiger partial charge in [0.25, 0.3) is 0 Å². The van der Waals surface area contributed by atoms with Gasteiger partial charge >= 0.3 is 6.61 Å². The van der Waals surface area contributed by atoms with Crippen molar-refractivity contribution in [3.8, 4) is 11.5 Å². The Morgan fingerprint density at radius 1 is 1.16 bits per heavy atom. The van der Waals surface area contributed by atoms with Gasteiger partial charge in [-0.3, -0.25) is 4.79 Å². The van der Waals surface area contributed by atoms with E-state index in [1.54, 1.807) is 36.4 Å². The molecule has 0 atom stereocenters. The summed E-state index contributed by atoms with van der Waals surface area (Å²) in [6.07, 6.45) is 3.81. The molecular formula is C19H19F2NO3. The Kier molecular flexibility index (Phi) is 6.95. The quantitative estimate of drug-likeness (QED) is 0.702. The van der Waals surface area contributed by atoms with E-state index in [1.807, 2.05) is 13.0 Å². The van der Waals surface area contributed by atoms with Gasteiger partial charge in [0.15, 0.2) is 0 Å². The van der Waals surface area contributed by atoms with Crippen molar-refractivity contribution in [3.63, 3.8) is 0 Å². The SMILES string of the molecule is CCCOc1ccccc1NC(=O)/C=C/c1ccc(OC(F)F)cc1. The number of anilines is 1. The Morgan fingerprint density at radius 2 is 1.88 bits per heavy atom. The van der Waals surface area contributed by atoms with E-state index >= 15 is 0 Å². The Morgan fingerprint density at radius 3 is 2.56 bits per heavy atom. The van der Waals surface area contributed by atoms with Gasteiger partial charge in [0.05, 0.1) is 12.3 Å². The molecule has 0 saturated carbocycles. The molecule has 2 aromatic rings. The molecule has 0 aromatic heterocycles. The lowest BCUT2D eigenvalue weighted by atomic mass is 10.2. The highest BCUT2D eigenvalue weighted by molar-refractivity contribution is 6.02. The number of carbonyl (C=O) groups excluding carboxylic acids is 1. The molecule has 0 unspecified atom stereocenters. The van der Waals surface area contributed by atoms with Crippen LogP contribution in [-0.2, 0) is 4.79 Å². The standard InChI is InChI=1S/C19H19F2NO3/c1-2-13-24-17-6-4-3-5-16(17)22-18(23)12-9-14-7-10-15(11-8-14)25-19(20)21/h3-12,19H,2,13H2,1H3,(H,22,23)/b12-9+. The summed E-state index contributed by atoms with van der Waals surface area (Å²) >= 11 is 0. The van der Waals surface area contributed by atoms with Crippen LogP contribution in [0.2, 0.25) is 0 Å². The van der Waals surface area contributed by atoms with Crippen molar-refractivity contribution in [1.29, 1.82) is 0 Å². The summed E-state index contributed by atoms with van der Waals surface area (Å²) in [4.78, 5) is 12.0. The minimum absolute atomic E-state index is 0.0681. The Bertz CT molecular complexity index is 715. The van der Waals surface area contributed by atoms with Gasteiger partial charge in [-0.05, 0) is 42.3 Å². The molecule has 6 heteroatoms. The topological polar surface area (TPSA) is 47.6 Å². The van der Waals surface area contributed by atoms with E-state index in [0.717, 1.165) is 6.42 Å². The number of halogens is 2. The van der Waals surface area contributed by atoms with Gasteiger partial charge in [-0.25, -0.2) is 0 Å². The average molecular weight is 347 g/mol. The van der Waals surface area contributed by atoms with Crippen molar-refractivity contribution < 1.29 is 23.0 Å². The highest BCUT2D eigenvalue weighted by atomic mass is 19.3. The van der Waals surface area contributed by atoms with E-state index in [9.17, 15) is 13.6 Å². The predicted octanol–water partition coefficient (Wildman–Crippen LogP) is 4.73. The number of ether oxygens (including phenoxy) is 2. The van der Waals surface area contributed by atoms with Crippen molar-refractivity contribution in [1.82, 2.24) is 0 Å². The van der Waals surface area contributed by atoms with Crippen molar-refractivity contribution >= 4 is 17.7 Å². The first-order chi connectivity index (χ1) is 12.1. The average Bonchev–Trinajstić information content (AvgIpc) is 2.60. The van der Waals surface area contributed by atoms with Crippen LogP contribution < -0.4 is 14.8 Å². The van der Waals surface area contributed by atoms with E-state index < -0.39 is 6.61 Å².